The number of hydrogen-bond donors (Lipinski definition) is 1. The molecule has 4 aromatic rings. The van der Waals surface area contributed by atoms with Crippen molar-refractivity contribution in [2.45, 2.75) is 12.5 Å². The van der Waals surface area contributed by atoms with Gasteiger partial charge in [-0.05, 0) is 35.7 Å². The summed E-state index contributed by atoms with van der Waals surface area (Å²) in [5, 5.41) is 9.58. The van der Waals surface area contributed by atoms with E-state index >= 15 is 0 Å². The molecule has 0 bridgehead atoms. The van der Waals surface area contributed by atoms with Crippen molar-refractivity contribution in [2.75, 3.05) is 19.8 Å². The number of amides is 1. The molecule has 2 aromatic carbocycles. The molecule has 184 valence electrons. The van der Waals surface area contributed by atoms with Crippen molar-refractivity contribution in [1.29, 1.82) is 0 Å². The number of aryl methyl sites for hydroxylation is 1. The average molecular weight is 507 g/mol. The maximum atomic E-state index is 13.5. The standard InChI is InChI=1S/C26H23ClN4O5/c1-30-15-29-21-11-18(12-28-26(21)30)35-13-23(32)31-9-8-16-4-2-3-5-19(16)25(31)20-10-17(27)6-7-22(20)36-14-24(33)34/h2-7,10-12,15,25H,8-9,13-14H2,1H3,(H,33,34). The third-order valence-electron chi connectivity index (χ3n) is 6.11. The fraction of sp³-hybridized carbons (Fsp3) is 0.231. The summed E-state index contributed by atoms with van der Waals surface area (Å²) >= 11 is 6.33. The zero-order chi connectivity index (χ0) is 25.2. The van der Waals surface area contributed by atoms with Crippen LogP contribution in [-0.4, -0.2) is 56.2 Å². The summed E-state index contributed by atoms with van der Waals surface area (Å²) in [6.07, 6.45) is 3.90. The lowest BCUT2D eigenvalue weighted by Gasteiger charge is -2.38. The van der Waals surface area contributed by atoms with Crippen molar-refractivity contribution in [3.05, 3.63) is 82.8 Å². The van der Waals surface area contributed by atoms with Gasteiger partial charge in [0.1, 0.15) is 17.0 Å². The van der Waals surface area contributed by atoms with E-state index in [0.29, 0.717) is 40.6 Å². The molecule has 0 radical (unpaired) electrons. The monoisotopic (exact) mass is 506 g/mol. The summed E-state index contributed by atoms with van der Waals surface area (Å²) in [7, 11) is 1.85. The number of halogens is 1. The molecule has 10 heteroatoms. The molecule has 36 heavy (non-hydrogen) atoms. The van der Waals surface area contributed by atoms with Gasteiger partial charge in [0, 0.05) is 30.2 Å². The maximum Gasteiger partial charge on any atom is 0.341 e. The quantitative estimate of drug-likeness (QED) is 0.408. The van der Waals surface area contributed by atoms with Gasteiger partial charge >= 0.3 is 5.97 Å². The Hall–Kier alpha value is -4.11. The Kier molecular flexibility index (Phi) is 6.47. The number of fused-ring (bicyclic) bond motifs is 2. The Bertz CT molecular complexity index is 1450. The lowest BCUT2D eigenvalue weighted by Crippen LogP contribution is -2.43. The van der Waals surface area contributed by atoms with Crippen LogP contribution in [-0.2, 0) is 23.1 Å². The molecule has 0 saturated heterocycles. The van der Waals surface area contributed by atoms with E-state index < -0.39 is 18.6 Å². The number of aromatic nitrogens is 3. The number of nitrogens with zero attached hydrogens (tertiary/aromatic N) is 4. The van der Waals surface area contributed by atoms with E-state index in [-0.39, 0.29) is 12.5 Å². The molecule has 1 unspecified atom stereocenters. The zero-order valence-corrected chi connectivity index (χ0v) is 20.2. The molecule has 0 fully saturated rings. The normalized spacial score (nSPS) is 14.9. The number of pyridine rings is 1. The Morgan fingerprint density at radius 2 is 1.92 bits per heavy atom. The molecule has 3 heterocycles. The first-order chi connectivity index (χ1) is 17.4. The van der Waals surface area contributed by atoms with Gasteiger partial charge in [-0.3, -0.25) is 4.79 Å². The number of carboxylic acid groups (broad SMARTS) is 1. The van der Waals surface area contributed by atoms with Crippen LogP contribution in [0.2, 0.25) is 5.02 Å². The molecule has 1 N–H and O–H groups in total. The fourth-order valence-corrected chi connectivity index (χ4v) is 4.66. The molecule has 1 aliphatic heterocycles. The average Bonchev–Trinajstić information content (AvgIpc) is 3.25. The van der Waals surface area contributed by atoms with Crippen LogP contribution in [0.3, 0.4) is 0 Å². The number of hydrogen-bond acceptors (Lipinski definition) is 6. The number of rotatable bonds is 7. The third kappa shape index (κ3) is 4.70. The fourth-order valence-electron chi connectivity index (χ4n) is 4.48. The first kappa shape index (κ1) is 23.6. The summed E-state index contributed by atoms with van der Waals surface area (Å²) < 4.78 is 13.2. The van der Waals surface area contributed by atoms with Gasteiger partial charge in [0.05, 0.1) is 18.6 Å². The molecule has 0 saturated carbocycles. The molecule has 1 amide bonds. The highest BCUT2D eigenvalue weighted by Crippen LogP contribution is 2.40. The lowest BCUT2D eigenvalue weighted by atomic mass is 9.87. The van der Waals surface area contributed by atoms with Crippen LogP contribution in [0.15, 0.2) is 61.1 Å². The van der Waals surface area contributed by atoms with Crippen LogP contribution in [0.5, 0.6) is 11.5 Å². The highest BCUT2D eigenvalue weighted by atomic mass is 35.5. The second kappa shape index (κ2) is 9.87. The minimum atomic E-state index is -1.10. The highest BCUT2D eigenvalue weighted by Gasteiger charge is 2.34. The zero-order valence-electron chi connectivity index (χ0n) is 19.4. The van der Waals surface area contributed by atoms with Crippen LogP contribution in [0.25, 0.3) is 11.2 Å². The van der Waals surface area contributed by atoms with Gasteiger partial charge in [-0.2, -0.15) is 0 Å². The largest absolute Gasteiger partial charge is 0.482 e. The van der Waals surface area contributed by atoms with Crippen molar-refractivity contribution in [3.8, 4) is 11.5 Å². The van der Waals surface area contributed by atoms with E-state index in [1.165, 1.54) is 0 Å². The number of aliphatic carboxylic acids is 1. The number of carbonyl (C=O) groups excluding carboxylic acids is 1. The first-order valence-electron chi connectivity index (χ1n) is 11.3. The molecule has 1 aliphatic rings. The van der Waals surface area contributed by atoms with Gasteiger partial charge in [0.25, 0.3) is 5.91 Å². The van der Waals surface area contributed by atoms with Crippen molar-refractivity contribution in [1.82, 2.24) is 19.4 Å². The summed E-state index contributed by atoms with van der Waals surface area (Å²) in [5.74, 6) is -0.539. The van der Waals surface area contributed by atoms with E-state index in [0.717, 1.165) is 16.8 Å². The highest BCUT2D eigenvalue weighted by molar-refractivity contribution is 6.30. The smallest absolute Gasteiger partial charge is 0.341 e. The van der Waals surface area contributed by atoms with E-state index in [2.05, 4.69) is 9.97 Å². The van der Waals surface area contributed by atoms with Gasteiger partial charge < -0.3 is 24.0 Å². The molecule has 0 aliphatic carbocycles. The summed E-state index contributed by atoms with van der Waals surface area (Å²) in [4.78, 5) is 35.0. The van der Waals surface area contributed by atoms with E-state index in [1.807, 2.05) is 31.3 Å². The van der Waals surface area contributed by atoms with Crippen LogP contribution < -0.4 is 9.47 Å². The lowest BCUT2D eigenvalue weighted by molar-refractivity contribution is -0.139. The molecular formula is C26H23ClN4O5. The molecule has 0 spiro atoms. The number of carbonyl (C=O) groups is 2. The van der Waals surface area contributed by atoms with Gasteiger partial charge in [0.2, 0.25) is 0 Å². The Morgan fingerprint density at radius 1 is 1.08 bits per heavy atom. The van der Waals surface area contributed by atoms with Crippen LogP contribution in [0.1, 0.15) is 22.7 Å². The van der Waals surface area contributed by atoms with Crippen LogP contribution in [0.4, 0.5) is 0 Å². The number of carboxylic acids is 1. The van der Waals surface area contributed by atoms with Gasteiger partial charge in [-0.25, -0.2) is 14.8 Å². The summed E-state index contributed by atoms with van der Waals surface area (Å²) in [6, 6.07) is 14.0. The van der Waals surface area contributed by atoms with Gasteiger partial charge in [-0.15, -0.1) is 0 Å². The Morgan fingerprint density at radius 3 is 2.75 bits per heavy atom. The molecule has 2 aromatic heterocycles. The van der Waals surface area contributed by atoms with Crippen molar-refractivity contribution in [2.24, 2.45) is 7.05 Å². The predicted octanol–water partition coefficient (Wildman–Crippen LogP) is 3.64. The van der Waals surface area contributed by atoms with Crippen molar-refractivity contribution >= 4 is 34.6 Å². The van der Waals surface area contributed by atoms with Crippen LogP contribution in [0, 0.1) is 0 Å². The minimum absolute atomic E-state index is 0.204. The number of ether oxygens (including phenoxy) is 2. The Labute approximate surface area is 211 Å². The topological polar surface area (TPSA) is 107 Å². The van der Waals surface area contributed by atoms with E-state index in [1.54, 1.807) is 46.3 Å². The van der Waals surface area contributed by atoms with E-state index in [4.69, 9.17) is 26.2 Å². The van der Waals surface area contributed by atoms with Gasteiger partial charge in [0.15, 0.2) is 18.9 Å². The molecule has 9 nitrogen and oxygen atoms in total. The minimum Gasteiger partial charge on any atom is -0.482 e. The molecular weight excluding hydrogens is 484 g/mol. The predicted molar refractivity (Wildman–Crippen MR) is 132 cm³/mol. The van der Waals surface area contributed by atoms with Crippen molar-refractivity contribution in [3.63, 3.8) is 0 Å². The molecule has 5 rings (SSSR count). The van der Waals surface area contributed by atoms with Crippen LogP contribution >= 0.6 is 11.6 Å². The maximum absolute atomic E-state index is 13.5. The molecule has 1 atom stereocenters. The third-order valence-corrected chi connectivity index (χ3v) is 6.34. The van der Waals surface area contributed by atoms with Crippen molar-refractivity contribution < 1.29 is 24.2 Å². The van der Waals surface area contributed by atoms with Gasteiger partial charge in [-0.1, -0.05) is 35.9 Å². The summed E-state index contributed by atoms with van der Waals surface area (Å²) in [6.45, 7) is -0.264. The number of benzene rings is 2. The first-order valence-corrected chi connectivity index (χ1v) is 11.7. The Balaban J connectivity index is 1.45. The second-order valence-electron chi connectivity index (χ2n) is 8.46. The number of imidazole rings is 1. The SMILES string of the molecule is Cn1cnc2cc(OCC(=O)N3CCc4ccccc4C3c3cc(Cl)ccc3OCC(=O)O)cnc21. The second-order valence-corrected chi connectivity index (χ2v) is 8.90. The van der Waals surface area contributed by atoms with E-state index in [9.17, 15) is 9.59 Å². The summed E-state index contributed by atoms with van der Waals surface area (Å²) in [5.41, 5.74) is 4.03.